The highest BCUT2D eigenvalue weighted by atomic mass is 35.5. The first kappa shape index (κ1) is 20.2. The fraction of sp³-hybridized carbons (Fsp3) is 0.312. The van der Waals surface area contributed by atoms with Crippen LogP contribution in [-0.4, -0.2) is 31.7 Å². The second kappa shape index (κ2) is 8.05. The quantitative estimate of drug-likeness (QED) is 0.756. The van der Waals surface area contributed by atoms with Crippen molar-refractivity contribution in [3.63, 3.8) is 0 Å². The minimum absolute atomic E-state index is 0.167. The lowest BCUT2D eigenvalue weighted by atomic mass is 10.3. The van der Waals surface area contributed by atoms with Gasteiger partial charge in [0.25, 0.3) is 0 Å². The van der Waals surface area contributed by atoms with E-state index in [0.29, 0.717) is 4.88 Å². The van der Waals surface area contributed by atoms with Gasteiger partial charge in [0.15, 0.2) is 0 Å². The Bertz CT molecular complexity index is 875. The average molecular weight is 421 g/mol. The van der Waals surface area contributed by atoms with E-state index in [1.165, 1.54) is 11.3 Å². The molecule has 0 aliphatic rings. The highest BCUT2D eigenvalue weighted by Crippen LogP contribution is 2.30. The van der Waals surface area contributed by atoms with Crippen LogP contribution < -0.4 is 5.32 Å². The molecule has 5 nitrogen and oxygen atoms in total. The molecule has 136 valence electrons. The average Bonchev–Trinajstić information content (AvgIpc) is 2.88. The number of benzene rings is 1. The van der Waals surface area contributed by atoms with Crippen LogP contribution in [0.2, 0.25) is 10.0 Å². The third-order valence-corrected chi connectivity index (χ3v) is 7.29. The topological polar surface area (TPSA) is 66.5 Å². The normalized spacial score (nSPS) is 11.8. The van der Waals surface area contributed by atoms with Crippen LogP contribution in [0.1, 0.15) is 16.7 Å². The molecule has 1 aromatic heterocycles. The molecule has 0 spiro atoms. The molecule has 0 unspecified atom stereocenters. The zero-order valence-corrected chi connectivity index (χ0v) is 17.1. The van der Waals surface area contributed by atoms with Gasteiger partial charge in [-0.15, -0.1) is 11.3 Å². The van der Waals surface area contributed by atoms with Crippen molar-refractivity contribution < 1.29 is 13.2 Å². The molecule has 0 saturated heterocycles. The van der Waals surface area contributed by atoms with Crippen LogP contribution in [-0.2, 0) is 14.8 Å². The molecular formula is C16H18Cl2N2O3S2. The Hall–Kier alpha value is -1.12. The van der Waals surface area contributed by atoms with Crippen molar-refractivity contribution in [2.75, 3.05) is 18.4 Å². The number of nitrogens with one attached hydrogen (secondary N) is 1. The van der Waals surface area contributed by atoms with E-state index in [-0.39, 0.29) is 33.7 Å². The van der Waals surface area contributed by atoms with Crippen molar-refractivity contribution in [1.82, 2.24) is 4.31 Å². The van der Waals surface area contributed by atoms with Crippen LogP contribution in [0.4, 0.5) is 5.69 Å². The van der Waals surface area contributed by atoms with Gasteiger partial charge in [-0.3, -0.25) is 4.79 Å². The lowest BCUT2D eigenvalue weighted by Crippen LogP contribution is -2.38. The van der Waals surface area contributed by atoms with Gasteiger partial charge in [0.1, 0.15) is 0 Å². The molecule has 0 radical (unpaired) electrons. The Morgan fingerprint density at radius 3 is 2.32 bits per heavy atom. The molecule has 0 atom stereocenters. The molecule has 2 aromatic rings. The van der Waals surface area contributed by atoms with Crippen molar-refractivity contribution in [1.29, 1.82) is 0 Å². The Morgan fingerprint density at radius 1 is 1.24 bits per heavy atom. The van der Waals surface area contributed by atoms with E-state index in [1.807, 2.05) is 6.92 Å². The summed E-state index contributed by atoms with van der Waals surface area (Å²) in [6.07, 6.45) is 0. The first-order valence-electron chi connectivity index (χ1n) is 7.47. The number of likely N-dealkylation sites (N-methyl/N-ethyl adjacent to an activating group) is 1. The monoisotopic (exact) mass is 420 g/mol. The summed E-state index contributed by atoms with van der Waals surface area (Å²) >= 11 is 13.5. The number of aryl methyl sites for hydroxylation is 2. The number of rotatable bonds is 6. The van der Waals surface area contributed by atoms with Crippen molar-refractivity contribution >= 4 is 56.2 Å². The Labute approximate surface area is 161 Å². The zero-order valence-electron chi connectivity index (χ0n) is 14.0. The minimum atomic E-state index is -3.75. The van der Waals surface area contributed by atoms with Crippen LogP contribution in [0, 0.1) is 13.8 Å². The summed E-state index contributed by atoms with van der Waals surface area (Å²) in [4.78, 5) is 14.2. The highest BCUT2D eigenvalue weighted by molar-refractivity contribution is 7.89. The standard InChI is InChI=1S/C16H18Cl2N2O3S2/c1-4-20(25(22,23)14-8-10(2)24-11(14)3)9-15(21)19-16-12(17)6-5-7-13(16)18/h5-8H,4,9H2,1-3H3,(H,19,21). The lowest BCUT2D eigenvalue weighted by Gasteiger charge is -2.20. The number of amides is 1. The number of hydrogen-bond donors (Lipinski definition) is 1. The van der Waals surface area contributed by atoms with Gasteiger partial charge in [0.05, 0.1) is 27.2 Å². The third-order valence-electron chi connectivity index (χ3n) is 3.51. The number of nitrogens with zero attached hydrogens (tertiary/aromatic N) is 1. The number of halogens is 2. The molecule has 25 heavy (non-hydrogen) atoms. The number of thiophene rings is 1. The van der Waals surface area contributed by atoms with Gasteiger partial charge in [-0.2, -0.15) is 4.31 Å². The molecule has 1 heterocycles. The maximum absolute atomic E-state index is 12.8. The maximum atomic E-state index is 12.8. The van der Waals surface area contributed by atoms with Gasteiger partial charge < -0.3 is 5.32 Å². The molecule has 0 saturated carbocycles. The molecule has 1 N–H and O–H groups in total. The predicted molar refractivity (Wildman–Crippen MR) is 103 cm³/mol. The van der Waals surface area contributed by atoms with E-state index in [9.17, 15) is 13.2 Å². The first-order valence-corrected chi connectivity index (χ1v) is 10.5. The minimum Gasteiger partial charge on any atom is -0.322 e. The molecular weight excluding hydrogens is 403 g/mol. The Balaban J connectivity index is 2.21. The van der Waals surface area contributed by atoms with Crippen LogP contribution in [0.3, 0.4) is 0 Å². The second-order valence-electron chi connectivity index (χ2n) is 5.35. The largest absolute Gasteiger partial charge is 0.322 e. The van der Waals surface area contributed by atoms with Gasteiger partial charge in [0.2, 0.25) is 15.9 Å². The smallest absolute Gasteiger partial charge is 0.244 e. The predicted octanol–water partition coefficient (Wildman–Crippen LogP) is 4.32. The SMILES string of the molecule is CCN(CC(=O)Nc1c(Cl)cccc1Cl)S(=O)(=O)c1cc(C)sc1C. The number of para-hydroxylation sites is 1. The summed E-state index contributed by atoms with van der Waals surface area (Å²) in [5, 5.41) is 3.16. The van der Waals surface area contributed by atoms with Crippen LogP contribution in [0.25, 0.3) is 0 Å². The van der Waals surface area contributed by atoms with Crippen molar-refractivity contribution in [2.24, 2.45) is 0 Å². The molecule has 0 fully saturated rings. The number of hydrogen-bond acceptors (Lipinski definition) is 4. The summed E-state index contributed by atoms with van der Waals surface area (Å²) in [6.45, 7) is 5.12. The van der Waals surface area contributed by atoms with Crippen LogP contribution in [0.15, 0.2) is 29.2 Å². The fourth-order valence-corrected chi connectivity index (χ4v) is 5.75. The molecule has 0 aliphatic carbocycles. The molecule has 9 heteroatoms. The number of anilines is 1. The Kier molecular flexibility index (Phi) is 6.51. The fourth-order valence-electron chi connectivity index (χ4n) is 2.33. The number of sulfonamides is 1. The van der Waals surface area contributed by atoms with E-state index in [2.05, 4.69) is 5.32 Å². The van der Waals surface area contributed by atoms with Gasteiger partial charge in [-0.25, -0.2) is 8.42 Å². The Morgan fingerprint density at radius 2 is 1.84 bits per heavy atom. The van der Waals surface area contributed by atoms with Gasteiger partial charge in [-0.05, 0) is 32.0 Å². The molecule has 1 amide bonds. The van der Waals surface area contributed by atoms with Gasteiger partial charge >= 0.3 is 0 Å². The molecule has 0 bridgehead atoms. The number of carbonyl (C=O) groups is 1. The van der Waals surface area contributed by atoms with E-state index < -0.39 is 15.9 Å². The molecule has 1 aromatic carbocycles. The van der Waals surface area contributed by atoms with E-state index in [0.717, 1.165) is 9.18 Å². The summed E-state index contributed by atoms with van der Waals surface area (Å²) in [5.74, 6) is -0.509. The number of carbonyl (C=O) groups excluding carboxylic acids is 1. The summed E-state index contributed by atoms with van der Waals surface area (Å²) in [5.41, 5.74) is 0.270. The third kappa shape index (κ3) is 4.54. The van der Waals surface area contributed by atoms with Crippen molar-refractivity contribution in [3.05, 3.63) is 44.1 Å². The summed E-state index contributed by atoms with van der Waals surface area (Å²) in [7, 11) is -3.75. The lowest BCUT2D eigenvalue weighted by molar-refractivity contribution is -0.116. The van der Waals surface area contributed by atoms with E-state index in [4.69, 9.17) is 23.2 Å². The second-order valence-corrected chi connectivity index (χ2v) is 9.53. The van der Waals surface area contributed by atoms with Crippen molar-refractivity contribution in [3.8, 4) is 0 Å². The van der Waals surface area contributed by atoms with E-state index >= 15 is 0 Å². The van der Waals surface area contributed by atoms with Gasteiger partial charge in [0, 0.05) is 16.3 Å². The van der Waals surface area contributed by atoms with Crippen LogP contribution in [0.5, 0.6) is 0 Å². The van der Waals surface area contributed by atoms with Crippen molar-refractivity contribution in [2.45, 2.75) is 25.7 Å². The maximum Gasteiger partial charge on any atom is 0.244 e. The highest BCUT2D eigenvalue weighted by Gasteiger charge is 2.28. The zero-order chi connectivity index (χ0) is 18.8. The van der Waals surface area contributed by atoms with E-state index in [1.54, 1.807) is 38.1 Å². The van der Waals surface area contributed by atoms with Gasteiger partial charge in [-0.1, -0.05) is 36.2 Å². The first-order chi connectivity index (χ1) is 11.7. The molecule has 2 rings (SSSR count). The molecule has 0 aliphatic heterocycles. The van der Waals surface area contributed by atoms with Crippen LogP contribution >= 0.6 is 34.5 Å². The summed E-state index contributed by atoms with van der Waals surface area (Å²) < 4.78 is 26.8. The summed E-state index contributed by atoms with van der Waals surface area (Å²) in [6, 6.07) is 6.47.